The lowest BCUT2D eigenvalue weighted by atomic mass is 9.79. The molecule has 102 valence electrons. The first kappa shape index (κ1) is 15.5. The number of hydrogen-bond acceptors (Lipinski definition) is 2. The van der Waals surface area contributed by atoms with Crippen LogP contribution in [0.4, 0.5) is 0 Å². The Balaban J connectivity index is 0.00000162. The Morgan fingerprint density at radius 3 is 2.44 bits per heavy atom. The molecule has 0 saturated carbocycles. The van der Waals surface area contributed by atoms with E-state index < -0.39 is 0 Å². The predicted octanol–water partition coefficient (Wildman–Crippen LogP) is 2.98. The van der Waals surface area contributed by atoms with Crippen molar-refractivity contribution in [2.45, 2.75) is 39.8 Å². The third kappa shape index (κ3) is 3.71. The molecule has 0 aromatic heterocycles. The molecule has 2 N–H and O–H groups in total. The van der Waals surface area contributed by atoms with E-state index in [0.29, 0.717) is 6.04 Å². The molecule has 1 atom stereocenters. The summed E-state index contributed by atoms with van der Waals surface area (Å²) >= 11 is 0. The van der Waals surface area contributed by atoms with Gasteiger partial charge in [-0.25, -0.2) is 0 Å². The average Bonchev–Trinajstić information content (AvgIpc) is 2.26. The number of piperidine rings is 1. The van der Waals surface area contributed by atoms with E-state index in [1.165, 1.54) is 11.1 Å². The molecule has 0 radical (unpaired) electrons. The summed E-state index contributed by atoms with van der Waals surface area (Å²) < 4.78 is 0. The van der Waals surface area contributed by atoms with E-state index in [1.54, 1.807) is 0 Å². The summed E-state index contributed by atoms with van der Waals surface area (Å²) in [5.41, 5.74) is 9.13. The molecule has 1 aromatic rings. The van der Waals surface area contributed by atoms with Gasteiger partial charge in [0.1, 0.15) is 0 Å². The highest BCUT2D eigenvalue weighted by atomic mass is 35.5. The zero-order valence-electron chi connectivity index (χ0n) is 11.6. The molecule has 2 rings (SSSR count). The van der Waals surface area contributed by atoms with Gasteiger partial charge in [0, 0.05) is 25.7 Å². The number of nitrogens with two attached hydrogens (primary N) is 1. The van der Waals surface area contributed by atoms with Crippen molar-refractivity contribution in [2.75, 3.05) is 13.1 Å². The lowest BCUT2D eigenvalue weighted by molar-refractivity contribution is 0.0899. The summed E-state index contributed by atoms with van der Waals surface area (Å²) in [7, 11) is 0. The Morgan fingerprint density at radius 2 is 1.89 bits per heavy atom. The first-order chi connectivity index (χ1) is 7.97. The van der Waals surface area contributed by atoms with E-state index in [9.17, 15) is 0 Å². The second-order valence-corrected chi connectivity index (χ2v) is 6.08. The van der Waals surface area contributed by atoms with Crippen LogP contribution in [0.15, 0.2) is 24.3 Å². The van der Waals surface area contributed by atoms with Gasteiger partial charge in [-0.05, 0) is 24.3 Å². The molecule has 1 saturated heterocycles. The van der Waals surface area contributed by atoms with Crippen LogP contribution in [0.1, 0.15) is 31.4 Å². The average molecular weight is 269 g/mol. The van der Waals surface area contributed by atoms with Crippen LogP contribution < -0.4 is 5.73 Å². The number of halogens is 1. The Labute approximate surface area is 117 Å². The molecule has 0 spiro atoms. The maximum absolute atomic E-state index is 6.16. The van der Waals surface area contributed by atoms with Gasteiger partial charge in [0.05, 0.1) is 0 Å². The van der Waals surface area contributed by atoms with Gasteiger partial charge in [-0.3, -0.25) is 4.90 Å². The summed E-state index contributed by atoms with van der Waals surface area (Å²) in [4.78, 5) is 2.52. The number of hydrogen-bond donors (Lipinski definition) is 1. The quantitative estimate of drug-likeness (QED) is 0.894. The first-order valence-corrected chi connectivity index (χ1v) is 6.51. The van der Waals surface area contributed by atoms with Crippen molar-refractivity contribution in [1.82, 2.24) is 4.90 Å². The molecule has 0 bridgehead atoms. The highest BCUT2D eigenvalue weighted by Gasteiger charge is 2.33. The first-order valence-electron chi connectivity index (χ1n) is 6.51. The van der Waals surface area contributed by atoms with E-state index in [0.717, 1.165) is 26.1 Å². The molecular formula is C15H25ClN2. The van der Waals surface area contributed by atoms with Crippen molar-refractivity contribution in [3.8, 4) is 0 Å². The van der Waals surface area contributed by atoms with Gasteiger partial charge in [0.25, 0.3) is 0 Å². The lowest BCUT2D eigenvalue weighted by Crippen LogP contribution is -2.52. The maximum atomic E-state index is 6.16. The summed E-state index contributed by atoms with van der Waals surface area (Å²) in [6.07, 6.45) is 1.11. The van der Waals surface area contributed by atoms with Crippen molar-refractivity contribution in [3.05, 3.63) is 35.4 Å². The van der Waals surface area contributed by atoms with Gasteiger partial charge in [-0.2, -0.15) is 0 Å². The number of benzene rings is 1. The van der Waals surface area contributed by atoms with E-state index in [1.807, 2.05) is 0 Å². The molecule has 1 aliphatic heterocycles. The normalized spacial score (nSPS) is 23.4. The van der Waals surface area contributed by atoms with Crippen LogP contribution in [-0.2, 0) is 6.54 Å². The number of rotatable bonds is 2. The molecule has 1 aromatic carbocycles. The summed E-state index contributed by atoms with van der Waals surface area (Å²) in [6.45, 7) is 9.96. The van der Waals surface area contributed by atoms with E-state index >= 15 is 0 Å². The minimum absolute atomic E-state index is 0. The highest BCUT2D eigenvalue weighted by molar-refractivity contribution is 5.85. The van der Waals surface area contributed by atoms with Crippen LogP contribution in [0.25, 0.3) is 0 Å². The van der Waals surface area contributed by atoms with Crippen molar-refractivity contribution in [2.24, 2.45) is 11.1 Å². The number of aryl methyl sites for hydroxylation is 1. The Bertz CT molecular complexity index is 373. The van der Waals surface area contributed by atoms with Gasteiger partial charge in [0.15, 0.2) is 0 Å². The SMILES string of the molecule is Cc1ccc(CN2CCC(N)C(C)(C)C2)cc1.Cl. The Morgan fingerprint density at radius 1 is 1.28 bits per heavy atom. The maximum Gasteiger partial charge on any atom is 0.0233 e. The molecule has 0 aliphatic carbocycles. The molecule has 1 heterocycles. The highest BCUT2D eigenvalue weighted by Crippen LogP contribution is 2.28. The number of likely N-dealkylation sites (tertiary alicyclic amines) is 1. The van der Waals surface area contributed by atoms with Gasteiger partial charge in [-0.1, -0.05) is 43.7 Å². The monoisotopic (exact) mass is 268 g/mol. The van der Waals surface area contributed by atoms with E-state index in [-0.39, 0.29) is 17.8 Å². The predicted molar refractivity (Wildman–Crippen MR) is 80.1 cm³/mol. The van der Waals surface area contributed by atoms with Crippen LogP contribution >= 0.6 is 12.4 Å². The van der Waals surface area contributed by atoms with E-state index in [2.05, 4.69) is 49.9 Å². The minimum atomic E-state index is 0. The van der Waals surface area contributed by atoms with Gasteiger partial charge >= 0.3 is 0 Å². The third-order valence-electron chi connectivity index (χ3n) is 3.92. The molecule has 18 heavy (non-hydrogen) atoms. The fourth-order valence-corrected chi connectivity index (χ4v) is 2.57. The molecule has 0 amide bonds. The van der Waals surface area contributed by atoms with Gasteiger partial charge < -0.3 is 5.73 Å². The molecule has 1 aliphatic rings. The standard InChI is InChI=1S/C15H24N2.ClH/c1-12-4-6-13(7-5-12)10-17-9-8-14(16)15(2,3)11-17;/h4-7,14H,8-11,16H2,1-3H3;1H. The zero-order chi connectivity index (χ0) is 12.5. The van der Waals surface area contributed by atoms with Gasteiger partial charge in [-0.15, -0.1) is 12.4 Å². The summed E-state index contributed by atoms with van der Waals surface area (Å²) in [5, 5.41) is 0. The molecule has 2 nitrogen and oxygen atoms in total. The Kier molecular flexibility index (Phi) is 5.20. The molecule has 1 unspecified atom stereocenters. The second-order valence-electron chi connectivity index (χ2n) is 6.08. The zero-order valence-corrected chi connectivity index (χ0v) is 12.5. The third-order valence-corrected chi connectivity index (χ3v) is 3.92. The molecular weight excluding hydrogens is 244 g/mol. The van der Waals surface area contributed by atoms with Crippen molar-refractivity contribution < 1.29 is 0 Å². The van der Waals surface area contributed by atoms with Crippen LogP contribution in [0.5, 0.6) is 0 Å². The minimum Gasteiger partial charge on any atom is -0.327 e. The summed E-state index contributed by atoms with van der Waals surface area (Å²) in [5.74, 6) is 0. The van der Waals surface area contributed by atoms with Crippen LogP contribution in [0.2, 0.25) is 0 Å². The molecule has 3 heteroatoms. The fraction of sp³-hybridized carbons (Fsp3) is 0.600. The smallest absolute Gasteiger partial charge is 0.0233 e. The summed E-state index contributed by atoms with van der Waals surface area (Å²) in [6, 6.07) is 9.19. The fourth-order valence-electron chi connectivity index (χ4n) is 2.57. The van der Waals surface area contributed by atoms with Crippen molar-refractivity contribution in [1.29, 1.82) is 0 Å². The van der Waals surface area contributed by atoms with Crippen molar-refractivity contribution in [3.63, 3.8) is 0 Å². The largest absolute Gasteiger partial charge is 0.327 e. The van der Waals surface area contributed by atoms with Crippen LogP contribution in [0.3, 0.4) is 0 Å². The van der Waals surface area contributed by atoms with Crippen molar-refractivity contribution >= 4 is 12.4 Å². The van der Waals surface area contributed by atoms with Crippen LogP contribution in [-0.4, -0.2) is 24.0 Å². The second kappa shape index (κ2) is 6.05. The van der Waals surface area contributed by atoms with Crippen LogP contribution in [0, 0.1) is 12.3 Å². The number of nitrogens with zero attached hydrogens (tertiary/aromatic N) is 1. The lowest BCUT2D eigenvalue weighted by Gasteiger charge is -2.42. The van der Waals surface area contributed by atoms with E-state index in [4.69, 9.17) is 5.73 Å². The molecule has 1 fully saturated rings. The van der Waals surface area contributed by atoms with Gasteiger partial charge in [0.2, 0.25) is 0 Å². The topological polar surface area (TPSA) is 29.3 Å². The Hall–Kier alpha value is -0.570.